The fourth-order valence-electron chi connectivity index (χ4n) is 1.29. The van der Waals surface area contributed by atoms with Crippen LogP contribution in [0.2, 0.25) is 0 Å². The topological polar surface area (TPSA) is 38.1 Å². The molecule has 0 aliphatic rings. The summed E-state index contributed by atoms with van der Waals surface area (Å²) in [4.78, 5) is 4.07. The van der Waals surface area contributed by atoms with E-state index < -0.39 is 0 Å². The molecule has 0 aromatic carbocycles. The van der Waals surface area contributed by atoms with E-state index in [1.807, 2.05) is 18.2 Å². The largest absolute Gasteiger partial charge is 0.469 e. The van der Waals surface area contributed by atoms with Crippen molar-refractivity contribution in [2.24, 2.45) is 0 Å². The van der Waals surface area contributed by atoms with Crippen molar-refractivity contribution >= 4 is 21.6 Å². The number of aromatic nitrogens is 1. The van der Waals surface area contributed by atoms with Crippen molar-refractivity contribution in [2.75, 3.05) is 11.9 Å². The molecule has 0 spiro atoms. The fraction of sp³-hybridized carbons (Fsp3) is 0.182. The number of furan rings is 1. The van der Waals surface area contributed by atoms with Crippen LogP contribution in [-0.4, -0.2) is 11.5 Å². The van der Waals surface area contributed by atoms with Crippen molar-refractivity contribution in [3.8, 4) is 0 Å². The van der Waals surface area contributed by atoms with E-state index in [0.29, 0.717) is 0 Å². The molecule has 0 amide bonds. The second-order valence-electron chi connectivity index (χ2n) is 3.15. The molecule has 0 saturated heterocycles. The van der Waals surface area contributed by atoms with Gasteiger partial charge in [-0.1, -0.05) is 0 Å². The monoisotopic (exact) mass is 266 g/mol. The quantitative estimate of drug-likeness (QED) is 0.925. The van der Waals surface area contributed by atoms with Crippen LogP contribution in [0, 0.1) is 0 Å². The lowest BCUT2D eigenvalue weighted by atomic mass is 10.3. The molecule has 3 nitrogen and oxygen atoms in total. The van der Waals surface area contributed by atoms with Gasteiger partial charge in [-0.25, -0.2) is 0 Å². The summed E-state index contributed by atoms with van der Waals surface area (Å²) in [5.41, 5.74) is 1.01. The molecule has 2 aromatic rings. The lowest BCUT2D eigenvalue weighted by Crippen LogP contribution is -2.04. The lowest BCUT2D eigenvalue weighted by Gasteiger charge is -2.04. The number of pyridine rings is 1. The van der Waals surface area contributed by atoms with Crippen molar-refractivity contribution in [1.29, 1.82) is 0 Å². The second kappa shape index (κ2) is 4.98. The van der Waals surface area contributed by atoms with Crippen LogP contribution < -0.4 is 5.32 Å². The lowest BCUT2D eigenvalue weighted by molar-refractivity contribution is 0.513. The van der Waals surface area contributed by atoms with Gasteiger partial charge in [0.15, 0.2) is 0 Å². The Morgan fingerprint density at radius 2 is 2.33 bits per heavy atom. The van der Waals surface area contributed by atoms with Gasteiger partial charge in [-0.3, -0.25) is 4.98 Å². The summed E-state index contributed by atoms with van der Waals surface area (Å²) in [5.74, 6) is 0.991. The molecular weight excluding hydrogens is 256 g/mol. The molecule has 78 valence electrons. The van der Waals surface area contributed by atoms with Crippen LogP contribution in [0.5, 0.6) is 0 Å². The van der Waals surface area contributed by atoms with E-state index in [1.54, 1.807) is 18.7 Å². The summed E-state index contributed by atoms with van der Waals surface area (Å²) < 4.78 is 6.21. The third-order valence-corrected chi connectivity index (χ3v) is 2.42. The summed E-state index contributed by atoms with van der Waals surface area (Å²) in [6, 6.07) is 5.87. The number of hydrogen-bond donors (Lipinski definition) is 1. The predicted molar refractivity (Wildman–Crippen MR) is 62.8 cm³/mol. The molecule has 0 saturated carbocycles. The number of nitrogens with one attached hydrogen (secondary N) is 1. The zero-order valence-corrected chi connectivity index (χ0v) is 9.70. The Hall–Kier alpha value is -1.29. The molecule has 15 heavy (non-hydrogen) atoms. The third-order valence-electron chi connectivity index (χ3n) is 1.99. The Bertz CT molecular complexity index is 414. The van der Waals surface area contributed by atoms with E-state index in [1.165, 1.54) is 0 Å². The molecule has 0 unspecified atom stereocenters. The molecule has 2 rings (SSSR count). The zero-order valence-electron chi connectivity index (χ0n) is 8.11. The van der Waals surface area contributed by atoms with Crippen molar-refractivity contribution < 1.29 is 4.42 Å². The number of hydrogen-bond acceptors (Lipinski definition) is 3. The molecule has 2 heterocycles. The molecule has 0 bridgehead atoms. The number of anilines is 1. The van der Waals surface area contributed by atoms with E-state index >= 15 is 0 Å². The van der Waals surface area contributed by atoms with Gasteiger partial charge in [0.25, 0.3) is 0 Å². The van der Waals surface area contributed by atoms with E-state index in [9.17, 15) is 0 Å². The van der Waals surface area contributed by atoms with Gasteiger partial charge in [-0.15, -0.1) is 0 Å². The Labute approximate surface area is 96.6 Å². The van der Waals surface area contributed by atoms with Gasteiger partial charge >= 0.3 is 0 Å². The highest BCUT2D eigenvalue weighted by atomic mass is 79.9. The molecule has 0 atom stereocenters. The highest BCUT2D eigenvalue weighted by Gasteiger charge is 1.96. The number of rotatable bonds is 4. The van der Waals surface area contributed by atoms with Crippen LogP contribution in [0.4, 0.5) is 5.69 Å². The average molecular weight is 267 g/mol. The first-order chi connectivity index (χ1) is 7.34. The fourth-order valence-corrected chi connectivity index (χ4v) is 1.66. The molecule has 0 aliphatic heterocycles. The van der Waals surface area contributed by atoms with Crippen molar-refractivity contribution in [3.63, 3.8) is 0 Å². The molecule has 2 aromatic heterocycles. The number of nitrogens with zero attached hydrogens (tertiary/aromatic N) is 1. The summed E-state index contributed by atoms with van der Waals surface area (Å²) in [6.45, 7) is 0.839. The van der Waals surface area contributed by atoms with E-state index in [2.05, 4.69) is 26.2 Å². The standard InChI is InChI=1S/C11H11BrN2O/c12-9-6-10(8-13-7-9)14-4-3-11-2-1-5-15-11/h1-2,5-8,14H,3-4H2. The van der Waals surface area contributed by atoms with Crippen LogP contribution in [0.25, 0.3) is 0 Å². The molecular formula is C11H11BrN2O. The minimum Gasteiger partial charge on any atom is -0.469 e. The van der Waals surface area contributed by atoms with Gasteiger partial charge in [0.05, 0.1) is 18.1 Å². The van der Waals surface area contributed by atoms with Gasteiger partial charge in [0, 0.05) is 23.6 Å². The maximum Gasteiger partial charge on any atom is 0.105 e. The Morgan fingerprint density at radius 1 is 1.40 bits per heavy atom. The minimum absolute atomic E-state index is 0.839. The molecule has 0 aliphatic carbocycles. The van der Waals surface area contributed by atoms with Gasteiger partial charge in [-0.2, -0.15) is 0 Å². The maximum atomic E-state index is 5.23. The Morgan fingerprint density at radius 3 is 3.07 bits per heavy atom. The highest BCUT2D eigenvalue weighted by molar-refractivity contribution is 9.10. The van der Waals surface area contributed by atoms with E-state index in [-0.39, 0.29) is 0 Å². The van der Waals surface area contributed by atoms with Crippen molar-refractivity contribution in [3.05, 3.63) is 47.1 Å². The van der Waals surface area contributed by atoms with Crippen LogP contribution in [0.15, 0.2) is 45.7 Å². The molecule has 1 N–H and O–H groups in total. The van der Waals surface area contributed by atoms with Crippen LogP contribution >= 0.6 is 15.9 Å². The smallest absolute Gasteiger partial charge is 0.105 e. The zero-order chi connectivity index (χ0) is 10.5. The van der Waals surface area contributed by atoms with Crippen LogP contribution in [-0.2, 0) is 6.42 Å². The SMILES string of the molecule is Brc1cncc(NCCc2ccco2)c1. The summed E-state index contributed by atoms with van der Waals surface area (Å²) in [5, 5.41) is 3.27. The first kappa shape index (κ1) is 10.2. The van der Waals surface area contributed by atoms with Crippen molar-refractivity contribution in [1.82, 2.24) is 4.98 Å². The number of halogens is 1. The van der Waals surface area contributed by atoms with Gasteiger partial charge in [0.1, 0.15) is 5.76 Å². The van der Waals surface area contributed by atoms with Crippen LogP contribution in [0.3, 0.4) is 0 Å². The predicted octanol–water partition coefficient (Wildman–Crippen LogP) is 3.09. The highest BCUT2D eigenvalue weighted by Crippen LogP contribution is 2.13. The second-order valence-corrected chi connectivity index (χ2v) is 4.06. The minimum atomic E-state index is 0.839. The van der Waals surface area contributed by atoms with E-state index in [4.69, 9.17) is 4.42 Å². The first-order valence-electron chi connectivity index (χ1n) is 4.71. The van der Waals surface area contributed by atoms with Gasteiger partial charge in [-0.05, 0) is 34.1 Å². The normalized spacial score (nSPS) is 10.2. The Balaban J connectivity index is 1.83. The average Bonchev–Trinajstić information content (AvgIpc) is 2.71. The summed E-state index contributed by atoms with van der Waals surface area (Å²) >= 11 is 3.37. The molecule has 0 fully saturated rings. The van der Waals surface area contributed by atoms with Gasteiger partial charge < -0.3 is 9.73 Å². The Kier molecular flexibility index (Phi) is 3.40. The summed E-state index contributed by atoms with van der Waals surface area (Å²) in [7, 11) is 0. The molecule has 0 radical (unpaired) electrons. The third kappa shape index (κ3) is 3.09. The van der Waals surface area contributed by atoms with Gasteiger partial charge in [0.2, 0.25) is 0 Å². The van der Waals surface area contributed by atoms with Crippen molar-refractivity contribution in [2.45, 2.75) is 6.42 Å². The summed E-state index contributed by atoms with van der Waals surface area (Å²) in [6.07, 6.45) is 6.13. The first-order valence-corrected chi connectivity index (χ1v) is 5.51. The molecule has 4 heteroatoms. The maximum absolute atomic E-state index is 5.23. The van der Waals surface area contributed by atoms with E-state index in [0.717, 1.165) is 28.9 Å². The van der Waals surface area contributed by atoms with Crippen LogP contribution in [0.1, 0.15) is 5.76 Å².